The van der Waals surface area contributed by atoms with Crippen LogP contribution in [0.4, 0.5) is 0 Å². The Labute approximate surface area is 134 Å². The molecule has 0 aliphatic heterocycles. The summed E-state index contributed by atoms with van der Waals surface area (Å²) in [6, 6.07) is 0. The van der Waals surface area contributed by atoms with Gasteiger partial charge in [0, 0.05) is 19.3 Å². The van der Waals surface area contributed by atoms with Gasteiger partial charge in [-0.15, -0.1) is 0 Å². The van der Waals surface area contributed by atoms with E-state index in [2.05, 4.69) is 18.2 Å². The molecule has 3 aliphatic rings. The predicted octanol–water partition coefficient (Wildman–Crippen LogP) is 5.39. The van der Waals surface area contributed by atoms with E-state index in [0.29, 0.717) is 0 Å². The maximum Gasteiger partial charge on any atom is 0.863 e. The zero-order valence-corrected chi connectivity index (χ0v) is 13.5. The fraction of sp³-hybridized carbons (Fsp3) is 0.667. The quantitative estimate of drug-likeness (QED) is 0.615. The van der Waals surface area contributed by atoms with Crippen LogP contribution in [-0.2, 0) is 14.0 Å². The second-order valence-corrected chi connectivity index (χ2v) is 6.39. The monoisotopic (exact) mass is 302 g/mol. The fourth-order valence-electron chi connectivity index (χ4n) is 3.19. The second kappa shape index (κ2) is 8.35. The van der Waals surface area contributed by atoms with Crippen molar-refractivity contribution in [3.05, 3.63) is 35.5 Å². The lowest BCUT2D eigenvalue weighted by Gasteiger charge is -2.24. The van der Waals surface area contributed by atoms with Crippen LogP contribution in [0.1, 0.15) is 77.0 Å². The fourth-order valence-corrected chi connectivity index (χ4v) is 3.19. The maximum absolute atomic E-state index is 6.03. The standard InChI is InChI=1S/C18H27BO3/c1-4-10-16(11-5-1)20-19(21-17-12-6-2-7-13-17)22-18-14-8-3-9-15-18/h10,12,14H,1-9,11,13,15H2. The van der Waals surface area contributed by atoms with Gasteiger partial charge in [-0.1, -0.05) is 0 Å². The number of hydrogen-bond acceptors (Lipinski definition) is 3. The lowest BCUT2D eigenvalue weighted by Crippen LogP contribution is -2.28. The van der Waals surface area contributed by atoms with E-state index in [4.69, 9.17) is 14.0 Å². The Morgan fingerprint density at radius 1 is 0.545 bits per heavy atom. The van der Waals surface area contributed by atoms with Crippen LogP contribution in [0, 0.1) is 0 Å². The average Bonchev–Trinajstić information content (AvgIpc) is 2.57. The molecule has 3 nitrogen and oxygen atoms in total. The molecule has 120 valence electrons. The Morgan fingerprint density at radius 3 is 1.18 bits per heavy atom. The van der Waals surface area contributed by atoms with Gasteiger partial charge in [0.2, 0.25) is 0 Å². The number of allylic oxidation sites excluding steroid dienone is 6. The average molecular weight is 302 g/mol. The molecule has 4 heteroatoms. The van der Waals surface area contributed by atoms with Crippen molar-refractivity contribution in [1.82, 2.24) is 0 Å². The van der Waals surface area contributed by atoms with E-state index in [-0.39, 0.29) is 0 Å². The first kappa shape index (κ1) is 15.6. The van der Waals surface area contributed by atoms with Crippen LogP contribution >= 0.6 is 0 Å². The molecule has 0 amide bonds. The Bertz CT molecular complexity index is 387. The first-order valence-electron chi connectivity index (χ1n) is 8.97. The van der Waals surface area contributed by atoms with Crippen molar-refractivity contribution in [2.24, 2.45) is 0 Å². The van der Waals surface area contributed by atoms with Gasteiger partial charge in [0.25, 0.3) is 0 Å². The molecule has 0 aromatic rings. The zero-order chi connectivity index (χ0) is 15.0. The minimum atomic E-state index is -0.613. The molecule has 0 radical (unpaired) electrons. The van der Waals surface area contributed by atoms with E-state index in [1.807, 2.05) is 0 Å². The van der Waals surface area contributed by atoms with Crippen LogP contribution in [0.5, 0.6) is 0 Å². The van der Waals surface area contributed by atoms with Gasteiger partial charge in [0.1, 0.15) is 0 Å². The molecular formula is C18H27BO3. The van der Waals surface area contributed by atoms with Gasteiger partial charge in [-0.3, -0.25) is 0 Å². The highest BCUT2D eigenvalue weighted by molar-refractivity contribution is 6.37. The summed E-state index contributed by atoms with van der Waals surface area (Å²) in [6.07, 6.45) is 20.3. The van der Waals surface area contributed by atoms with Crippen LogP contribution in [-0.4, -0.2) is 7.32 Å². The van der Waals surface area contributed by atoms with Crippen LogP contribution in [0.25, 0.3) is 0 Å². The first-order valence-corrected chi connectivity index (χ1v) is 8.97. The highest BCUT2D eigenvalue weighted by Crippen LogP contribution is 2.26. The predicted molar refractivity (Wildman–Crippen MR) is 88.7 cm³/mol. The largest absolute Gasteiger partial charge is 0.863 e. The summed E-state index contributed by atoms with van der Waals surface area (Å²) in [5, 5.41) is 0. The summed E-state index contributed by atoms with van der Waals surface area (Å²) in [5.41, 5.74) is 0. The summed E-state index contributed by atoms with van der Waals surface area (Å²) in [5.74, 6) is 3.09. The highest BCUT2D eigenvalue weighted by atomic mass is 16.7. The summed E-state index contributed by atoms with van der Waals surface area (Å²) in [4.78, 5) is 0. The van der Waals surface area contributed by atoms with Gasteiger partial charge in [-0.25, -0.2) is 0 Å². The molecule has 0 unspecified atom stereocenters. The molecular weight excluding hydrogens is 275 g/mol. The van der Waals surface area contributed by atoms with Crippen molar-refractivity contribution in [3.63, 3.8) is 0 Å². The molecule has 0 atom stereocenters. The first-order chi connectivity index (χ1) is 10.9. The molecule has 0 N–H and O–H groups in total. The summed E-state index contributed by atoms with van der Waals surface area (Å²) < 4.78 is 18.1. The normalized spacial score (nSPS) is 22.1. The molecule has 0 saturated heterocycles. The minimum Gasteiger partial charge on any atom is -0.494 e. The summed E-state index contributed by atoms with van der Waals surface area (Å²) >= 11 is 0. The molecule has 0 aromatic carbocycles. The molecule has 0 spiro atoms. The third kappa shape index (κ3) is 4.86. The lowest BCUT2D eigenvalue weighted by molar-refractivity contribution is 0.162. The van der Waals surface area contributed by atoms with Crippen LogP contribution in [0.15, 0.2) is 35.5 Å². The Balaban J connectivity index is 1.62. The van der Waals surface area contributed by atoms with E-state index in [0.717, 1.165) is 55.8 Å². The van der Waals surface area contributed by atoms with E-state index < -0.39 is 7.32 Å². The van der Waals surface area contributed by atoms with Gasteiger partial charge >= 0.3 is 7.32 Å². The molecule has 22 heavy (non-hydrogen) atoms. The molecule has 0 bridgehead atoms. The van der Waals surface area contributed by atoms with Crippen molar-refractivity contribution in [3.8, 4) is 0 Å². The van der Waals surface area contributed by atoms with Gasteiger partial charge < -0.3 is 14.0 Å². The van der Waals surface area contributed by atoms with Gasteiger partial charge in [0.15, 0.2) is 0 Å². The van der Waals surface area contributed by atoms with Gasteiger partial charge in [-0.2, -0.15) is 0 Å². The van der Waals surface area contributed by atoms with Crippen molar-refractivity contribution >= 4 is 7.32 Å². The van der Waals surface area contributed by atoms with Crippen LogP contribution in [0.3, 0.4) is 0 Å². The van der Waals surface area contributed by atoms with E-state index in [1.165, 1.54) is 38.5 Å². The van der Waals surface area contributed by atoms with Crippen molar-refractivity contribution in [2.45, 2.75) is 77.0 Å². The van der Waals surface area contributed by atoms with Gasteiger partial charge in [0.05, 0.1) is 17.3 Å². The van der Waals surface area contributed by atoms with Crippen LogP contribution < -0.4 is 0 Å². The Hall–Kier alpha value is -1.32. The topological polar surface area (TPSA) is 27.7 Å². The van der Waals surface area contributed by atoms with Crippen molar-refractivity contribution < 1.29 is 14.0 Å². The smallest absolute Gasteiger partial charge is 0.494 e. The van der Waals surface area contributed by atoms with Crippen LogP contribution in [0.2, 0.25) is 0 Å². The molecule has 0 saturated carbocycles. The second-order valence-electron chi connectivity index (χ2n) is 6.39. The maximum atomic E-state index is 6.03. The lowest BCUT2D eigenvalue weighted by atomic mass is 10.0. The van der Waals surface area contributed by atoms with E-state index in [1.54, 1.807) is 0 Å². The third-order valence-corrected chi connectivity index (χ3v) is 4.49. The van der Waals surface area contributed by atoms with Crippen molar-refractivity contribution in [1.29, 1.82) is 0 Å². The molecule has 0 fully saturated rings. The van der Waals surface area contributed by atoms with E-state index >= 15 is 0 Å². The van der Waals surface area contributed by atoms with Gasteiger partial charge in [-0.05, 0) is 76.0 Å². The molecule has 3 rings (SSSR count). The highest BCUT2D eigenvalue weighted by Gasteiger charge is 2.33. The third-order valence-electron chi connectivity index (χ3n) is 4.49. The minimum absolute atomic E-state index is 0.613. The van der Waals surface area contributed by atoms with E-state index in [9.17, 15) is 0 Å². The number of hydrogen-bond donors (Lipinski definition) is 0. The molecule has 0 heterocycles. The molecule has 0 aromatic heterocycles. The SMILES string of the molecule is C1=C(OB(OC2=CCCCC2)OC2=CCCCC2)CCCC1. The zero-order valence-electron chi connectivity index (χ0n) is 13.5. The Morgan fingerprint density at radius 2 is 0.909 bits per heavy atom. The summed E-state index contributed by atoms with van der Waals surface area (Å²) in [6.45, 7) is 0. The van der Waals surface area contributed by atoms with Crippen molar-refractivity contribution in [2.75, 3.05) is 0 Å². The summed E-state index contributed by atoms with van der Waals surface area (Å²) in [7, 11) is -0.613. The molecule has 3 aliphatic carbocycles. The number of rotatable bonds is 6. The Kier molecular flexibility index (Phi) is 5.91.